The molecule has 0 unspecified atom stereocenters. The molecule has 0 aromatic heterocycles. The van der Waals surface area contributed by atoms with Crippen LogP contribution in [0.5, 0.6) is 0 Å². The van der Waals surface area contributed by atoms with Gasteiger partial charge < -0.3 is 14.8 Å². The van der Waals surface area contributed by atoms with E-state index in [0.29, 0.717) is 11.1 Å². The first-order chi connectivity index (χ1) is 9.06. The Balaban J connectivity index is 2.10. The number of fused-ring (bicyclic) bond motifs is 1. The van der Waals surface area contributed by atoms with Crippen molar-refractivity contribution >= 4 is 17.9 Å². The van der Waals surface area contributed by atoms with Gasteiger partial charge in [0.1, 0.15) is 6.09 Å². The van der Waals surface area contributed by atoms with Crippen molar-refractivity contribution in [2.24, 2.45) is 0 Å². The molecule has 19 heavy (non-hydrogen) atoms. The summed E-state index contributed by atoms with van der Waals surface area (Å²) in [6.07, 6.45) is -1.31. The molecule has 0 saturated carbocycles. The maximum Gasteiger partial charge on any atom is 0.261 e. The highest BCUT2D eigenvalue weighted by molar-refractivity contribution is 6.21. The monoisotopic (exact) mass is 261 g/mol. The van der Waals surface area contributed by atoms with Gasteiger partial charge in [0.2, 0.25) is 0 Å². The van der Waals surface area contributed by atoms with Crippen molar-refractivity contribution in [2.75, 3.05) is 19.6 Å². The molecular weight excluding hydrogens is 248 g/mol. The number of rotatable bonds is 4. The van der Waals surface area contributed by atoms with E-state index < -0.39 is 6.09 Å². The molecule has 0 spiro atoms. The van der Waals surface area contributed by atoms with Crippen LogP contribution in [0.3, 0.4) is 0 Å². The van der Waals surface area contributed by atoms with Crippen LogP contribution >= 0.6 is 0 Å². The van der Waals surface area contributed by atoms with Gasteiger partial charge in [0, 0.05) is 19.6 Å². The number of imide groups is 1. The quantitative estimate of drug-likeness (QED) is 0.711. The van der Waals surface area contributed by atoms with E-state index in [1.165, 1.54) is 0 Å². The first kappa shape index (κ1) is 13.1. The molecule has 0 bridgehead atoms. The minimum Gasteiger partial charge on any atom is -0.530 e. The van der Waals surface area contributed by atoms with Crippen molar-refractivity contribution in [3.63, 3.8) is 0 Å². The van der Waals surface area contributed by atoms with Crippen LogP contribution in [0.2, 0.25) is 0 Å². The van der Waals surface area contributed by atoms with Crippen molar-refractivity contribution in [2.45, 2.75) is 6.92 Å². The number of amides is 3. The van der Waals surface area contributed by atoms with Crippen LogP contribution in [0.1, 0.15) is 27.6 Å². The summed E-state index contributed by atoms with van der Waals surface area (Å²) in [5.74, 6) is -0.759. The molecule has 100 valence electrons. The SMILES string of the molecule is CCN(CCN1C(=O)c2ccccc2C1=O)C(=O)[O-]. The smallest absolute Gasteiger partial charge is 0.261 e. The van der Waals surface area contributed by atoms with Gasteiger partial charge in [-0.2, -0.15) is 0 Å². The minimum atomic E-state index is -1.31. The molecule has 1 aromatic rings. The summed E-state index contributed by atoms with van der Waals surface area (Å²) in [4.78, 5) is 36.9. The van der Waals surface area contributed by atoms with Gasteiger partial charge in [-0.25, -0.2) is 0 Å². The maximum absolute atomic E-state index is 12.0. The average molecular weight is 261 g/mol. The van der Waals surface area contributed by atoms with Gasteiger partial charge in [-0.15, -0.1) is 0 Å². The van der Waals surface area contributed by atoms with Crippen molar-refractivity contribution in [3.05, 3.63) is 35.4 Å². The van der Waals surface area contributed by atoms with Crippen LogP contribution in [0.15, 0.2) is 24.3 Å². The number of carbonyl (C=O) groups is 3. The Morgan fingerprint density at radius 3 is 2.16 bits per heavy atom. The Morgan fingerprint density at radius 1 is 1.21 bits per heavy atom. The van der Waals surface area contributed by atoms with Crippen LogP contribution in [0.25, 0.3) is 0 Å². The molecule has 0 atom stereocenters. The summed E-state index contributed by atoms with van der Waals surface area (Å²) >= 11 is 0. The zero-order chi connectivity index (χ0) is 14.0. The lowest BCUT2D eigenvalue weighted by atomic mass is 10.1. The van der Waals surface area contributed by atoms with Crippen molar-refractivity contribution in [1.82, 2.24) is 9.80 Å². The number of hydrogen-bond acceptors (Lipinski definition) is 4. The van der Waals surface area contributed by atoms with Crippen LogP contribution < -0.4 is 5.11 Å². The third-order valence-corrected chi connectivity index (χ3v) is 3.11. The van der Waals surface area contributed by atoms with Gasteiger partial charge in [-0.3, -0.25) is 14.5 Å². The predicted octanol–water partition coefficient (Wildman–Crippen LogP) is -0.0522. The van der Waals surface area contributed by atoms with Gasteiger partial charge >= 0.3 is 0 Å². The summed E-state index contributed by atoms with van der Waals surface area (Å²) in [6, 6.07) is 6.55. The first-order valence-electron chi connectivity index (χ1n) is 5.97. The fraction of sp³-hybridized carbons (Fsp3) is 0.308. The second-order valence-corrected chi connectivity index (χ2v) is 4.15. The first-order valence-corrected chi connectivity index (χ1v) is 5.97. The lowest BCUT2D eigenvalue weighted by molar-refractivity contribution is -0.265. The Bertz CT molecular complexity index is 506. The van der Waals surface area contributed by atoms with Gasteiger partial charge in [0.25, 0.3) is 11.8 Å². The molecule has 1 aromatic carbocycles. The van der Waals surface area contributed by atoms with E-state index in [1.54, 1.807) is 31.2 Å². The van der Waals surface area contributed by atoms with Gasteiger partial charge in [-0.1, -0.05) is 12.1 Å². The van der Waals surface area contributed by atoms with Crippen LogP contribution in [0, 0.1) is 0 Å². The molecule has 6 nitrogen and oxygen atoms in total. The number of carbonyl (C=O) groups excluding carboxylic acids is 3. The third-order valence-electron chi connectivity index (χ3n) is 3.11. The van der Waals surface area contributed by atoms with Crippen molar-refractivity contribution in [3.8, 4) is 0 Å². The lowest BCUT2D eigenvalue weighted by Gasteiger charge is -2.25. The van der Waals surface area contributed by atoms with E-state index in [2.05, 4.69) is 0 Å². The highest BCUT2D eigenvalue weighted by Gasteiger charge is 2.34. The van der Waals surface area contributed by atoms with Crippen LogP contribution in [-0.2, 0) is 0 Å². The topological polar surface area (TPSA) is 80.8 Å². The standard InChI is InChI=1S/C13H14N2O4/c1-2-14(13(18)19)7-8-15-11(16)9-5-3-4-6-10(9)12(15)17/h3-6H,2,7-8H2,1H3,(H,18,19)/p-1. The van der Waals surface area contributed by atoms with Crippen molar-refractivity contribution in [1.29, 1.82) is 0 Å². The second kappa shape index (κ2) is 5.09. The second-order valence-electron chi connectivity index (χ2n) is 4.15. The fourth-order valence-corrected chi connectivity index (χ4v) is 2.04. The Morgan fingerprint density at radius 2 is 1.74 bits per heavy atom. The number of hydrogen-bond donors (Lipinski definition) is 0. The van der Waals surface area contributed by atoms with Crippen LogP contribution in [0.4, 0.5) is 4.79 Å². The molecule has 1 heterocycles. The summed E-state index contributed by atoms with van der Waals surface area (Å²) in [6.45, 7) is 2.02. The average Bonchev–Trinajstić information content (AvgIpc) is 2.64. The van der Waals surface area contributed by atoms with E-state index in [-0.39, 0.29) is 31.4 Å². The molecular formula is C13H13N2O4-. The molecule has 0 radical (unpaired) electrons. The van der Waals surface area contributed by atoms with Gasteiger partial charge in [0.05, 0.1) is 11.1 Å². The van der Waals surface area contributed by atoms with E-state index in [0.717, 1.165) is 9.80 Å². The molecule has 2 rings (SSSR count). The lowest BCUT2D eigenvalue weighted by Crippen LogP contribution is -2.45. The summed E-state index contributed by atoms with van der Waals surface area (Å²) in [5.41, 5.74) is 0.730. The maximum atomic E-state index is 12.0. The van der Waals surface area contributed by atoms with Crippen molar-refractivity contribution < 1.29 is 19.5 Å². The molecule has 0 saturated heterocycles. The molecule has 1 aliphatic rings. The Labute approximate surface area is 110 Å². The zero-order valence-corrected chi connectivity index (χ0v) is 10.5. The molecule has 3 amide bonds. The highest BCUT2D eigenvalue weighted by Crippen LogP contribution is 2.21. The highest BCUT2D eigenvalue weighted by atomic mass is 16.4. The Hall–Kier alpha value is -2.37. The molecule has 0 N–H and O–H groups in total. The van der Waals surface area contributed by atoms with Crippen LogP contribution in [-0.4, -0.2) is 47.3 Å². The van der Waals surface area contributed by atoms with E-state index >= 15 is 0 Å². The number of likely N-dealkylation sites (N-methyl/N-ethyl adjacent to an activating group) is 1. The largest absolute Gasteiger partial charge is 0.530 e. The van der Waals surface area contributed by atoms with E-state index in [4.69, 9.17) is 0 Å². The Kier molecular flexibility index (Phi) is 3.50. The zero-order valence-electron chi connectivity index (χ0n) is 10.5. The summed E-state index contributed by atoms with van der Waals surface area (Å²) < 4.78 is 0. The molecule has 0 fully saturated rings. The molecule has 6 heteroatoms. The fourth-order valence-electron chi connectivity index (χ4n) is 2.04. The third kappa shape index (κ3) is 2.29. The molecule has 1 aliphatic heterocycles. The van der Waals surface area contributed by atoms with Gasteiger partial charge in [-0.05, 0) is 19.1 Å². The number of carboxylic acid groups (broad SMARTS) is 1. The predicted molar refractivity (Wildman–Crippen MR) is 64.5 cm³/mol. The normalized spacial score (nSPS) is 13.6. The van der Waals surface area contributed by atoms with E-state index in [9.17, 15) is 19.5 Å². The summed E-state index contributed by atoms with van der Waals surface area (Å²) in [5, 5.41) is 10.7. The minimum absolute atomic E-state index is 0.0359. The number of nitrogens with zero attached hydrogens (tertiary/aromatic N) is 2. The van der Waals surface area contributed by atoms with E-state index in [1.807, 2.05) is 0 Å². The molecule has 0 aliphatic carbocycles. The number of benzene rings is 1. The summed E-state index contributed by atoms with van der Waals surface area (Å²) in [7, 11) is 0. The van der Waals surface area contributed by atoms with Gasteiger partial charge in [0.15, 0.2) is 0 Å².